The standard InChI is InChI=1S/C26H35NO4/c1-4-19(13-18-9-10-22-23(14-18)31-17-30-22)25(27-11-7-5-6-8-12-27)24-20(28)15-26(2,3)16-21(24)29/h9-10,14,19H,4-8,11-13,15-17H2,1-3H3. The highest BCUT2D eigenvalue weighted by Gasteiger charge is 2.39. The van der Waals surface area contributed by atoms with E-state index in [0.717, 1.165) is 61.5 Å². The number of rotatable bonds is 5. The zero-order chi connectivity index (χ0) is 22.0. The predicted molar refractivity (Wildman–Crippen MR) is 120 cm³/mol. The fourth-order valence-electron chi connectivity index (χ4n) is 5.27. The number of hydrogen-bond acceptors (Lipinski definition) is 5. The number of Topliss-reactive ketones (excluding diaryl/α,β-unsaturated/α-hetero) is 2. The van der Waals surface area contributed by atoms with Gasteiger partial charge in [0.2, 0.25) is 6.79 Å². The Bertz CT molecular complexity index is 855. The van der Waals surface area contributed by atoms with Crippen LogP contribution < -0.4 is 9.47 Å². The van der Waals surface area contributed by atoms with Crippen molar-refractivity contribution in [3.63, 3.8) is 0 Å². The Morgan fingerprint density at radius 1 is 1.00 bits per heavy atom. The maximum Gasteiger partial charge on any atom is 0.231 e. The number of ketones is 2. The van der Waals surface area contributed by atoms with Crippen LogP contribution >= 0.6 is 0 Å². The first-order valence-electron chi connectivity index (χ1n) is 11.8. The van der Waals surface area contributed by atoms with E-state index in [1.54, 1.807) is 0 Å². The van der Waals surface area contributed by atoms with Gasteiger partial charge in [0.1, 0.15) is 0 Å². The highest BCUT2D eigenvalue weighted by atomic mass is 16.7. The van der Waals surface area contributed by atoms with E-state index in [-0.39, 0.29) is 29.7 Å². The molecule has 168 valence electrons. The number of allylic oxidation sites excluding steroid dienone is 2. The van der Waals surface area contributed by atoms with Crippen molar-refractivity contribution in [2.75, 3.05) is 19.9 Å². The molecule has 0 N–H and O–H groups in total. The van der Waals surface area contributed by atoms with Gasteiger partial charge in [0.05, 0.1) is 5.57 Å². The molecule has 1 saturated carbocycles. The minimum atomic E-state index is -0.249. The van der Waals surface area contributed by atoms with E-state index in [0.29, 0.717) is 18.4 Å². The maximum absolute atomic E-state index is 13.3. The van der Waals surface area contributed by atoms with Crippen molar-refractivity contribution >= 4 is 11.6 Å². The number of ether oxygens (including phenoxy) is 2. The molecule has 3 aliphatic rings. The van der Waals surface area contributed by atoms with E-state index < -0.39 is 0 Å². The van der Waals surface area contributed by atoms with Crippen molar-refractivity contribution in [1.29, 1.82) is 0 Å². The zero-order valence-corrected chi connectivity index (χ0v) is 19.2. The Labute approximate surface area is 185 Å². The molecular weight excluding hydrogens is 390 g/mol. The topological polar surface area (TPSA) is 55.8 Å². The summed E-state index contributed by atoms with van der Waals surface area (Å²) in [5.74, 6) is 1.75. The molecule has 5 nitrogen and oxygen atoms in total. The molecule has 0 radical (unpaired) electrons. The Kier molecular flexibility index (Phi) is 6.40. The molecule has 1 aromatic carbocycles. The van der Waals surface area contributed by atoms with Gasteiger partial charge in [0, 0.05) is 37.5 Å². The maximum atomic E-state index is 13.3. The largest absolute Gasteiger partial charge is 0.454 e. The molecule has 0 aromatic heterocycles. The molecule has 2 heterocycles. The molecule has 1 aromatic rings. The molecule has 2 aliphatic heterocycles. The molecule has 0 amide bonds. The summed E-state index contributed by atoms with van der Waals surface area (Å²) in [5.41, 5.74) is 2.40. The van der Waals surface area contributed by atoms with E-state index in [2.05, 4.69) is 17.9 Å². The first kappa shape index (κ1) is 21.9. The van der Waals surface area contributed by atoms with Gasteiger partial charge in [-0.05, 0) is 48.8 Å². The van der Waals surface area contributed by atoms with Crippen LogP contribution in [0.2, 0.25) is 0 Å². The number of likely N-dealkylation sites (tertiary alicyclic amines) is 1. The van der Waals surface area contributed by atoms with Crippen LogP contribution in [0.15, 0.2) is 29.5 Å². The summed E-state index contributed by atoms with van der Waals surface area (Å²) < 4.78 is 11.0. The first-order valence-corrected chi connectivity index (χ1v) is 11.8. The molecular formula is C26H35NO4. The summed E-state index contributed by atoms with van der Waals surface area (Å²) >= 11 is 0. The van der Waals surface area contributed by atoms with Crippen molar-refractivity contribution in [1.82, 2.24) is 4.90 Å². The smallest absolute Gasteiger partial charge is 0.231 e. The summed E-state index contributed by atoms with van der Waals surface area (Å²) in [6.45, 7) is 8.33. The SMILES string of the molecule is CCC(Cc1ccc2c(c1)OCO2)C(=C1C(=O)CC(C)(C)CC1=O)N1CCCCCC1. The average Bonchev–Trinajstić information content (AvgIpc) is 3.01. The van der Waals surface area contributed by atoms with Gasteiger partial charge in [-0.2, -0.15) is 0 Å². The summed E-state index contributed by atoms with van der Waals surface area (Å²) in [4.78, 5) is 28.9. The third-order valence-electron chi connectivity index (χ3n) is 6.84. The number of fused-ring (bicyclic) bond motifs is 1. The fourth-order valence-corrected chi connectivity index (χ4v) is 5.27. The molecule has 1 unspecified atom stereocenters. The molecule has 1 saturated heterocycles. The van der Waals surface area contributed by atoms with Gasteiger partial charge < -0.3 is 14.4 Å². The third-order valence-corrected chi connectivity index (χ3v) is 6.84. The van der Waals surface area contributed by atoms with E-state index in [1.165, 1.54) is 12.8 Å². The second-order valence-corrected chi connectivity index (χ2v) is 10.0. The lowest BCUT2D eigenvalue weighted by atomic mass is 9.72. The second kappa shape index (κ2) is 9.05. The fraction of sp³-hybridized carbons (Fsp3) is 0.615. The lowest BCUT2D eigenvalue weighted by Crippen LogP contribution is -2.38. The predicted octanol–water partition coefficient (Wildman–Crippen LogP) is 5.07. The molecule has 1 atom stereocenters. The molecule has 4 rings (SSSR count). The van der Waals surface area contributed by atoms with Crippen molar-refractivity contribution < 1.29 is 19.1 Å². The molecule has 1 aliphatic carbocycles. The molecule has 31 heavy (non-hydrogen) atoms. The summed E-state index contributed by atoms with van der Waals surface area (Å²) in [5, 5.41) is 0. The van der Waals surface area contributed by atoms with Gasteiger partial charge >= 0.3 is 0 Å². The summed E-state index contributed by atoms with van der Waals surface area (Å²) in [6.07, 6.45) is 7.23. The van der Waals surface area contributed by atoms with Gasteiger partial charge in [0.15, 0.2) is 23.1 Å². The van der Waals surface area contributed by atoms with E-state index in [9.17, 15) is 9.59 Å². The summed E-state index contributed by atoms with van der Waals surface area (Å²) in [7, 11) is 0. The number of carbonyl (C=O) groups is 2. The Balaban J connectivity index is 1.72. The third kappa shape index (κ3) is 4.81. The summed E-state index contributed by atoms with van der Waals surface area (Å²) in [6, 6.07) is 6.08. The highest BCUT2D eigenvalue weighted by Crippen LogP contribution is 2.39. The van der Waals surface area contributed by atoms with Crippen LogP contribution in [0, 0.1) is 11.3 Å². The molecule has 0 spiro atoms. The number of hydrogen-bond donors (Lipinski definition) is 0. The normalized spacial score (nSPS) is 21.8. The van der Waals surface area contributed by atoms with Gasteiger partial charge in [-0.3, -0.25) is 9.59 Å². The van der Waals surface area contributed by atoms with Crippen LogP contribution in [-0.2, 0) is 16.0 Å². The van der Waals surface area contributed by atoms with Gasteiger partial charge in [-0.1, -0.05) is 39.7 Å². The zero-order valence-electron chi connectivity index (χ0n) is 19.2. The van der Waals surface area contributed by atoms with E-state index in [4.69, 9.17) is 9.47 Å². The second-order valence-electron chi connectivity index (χ2n) is 10.0. The Morgan fingerprint density at radius 2 is 1.65 bits per heavy atom. The van der Waals surface area contributed by atoms with Crippen LogP contribution in [0.5, 0.6) is 11.5 Å². The van der Waals surface area contributed by atoms with Crippen LogP contribution in [-0.4, -0.2) is 36.3 Å². The monoisotopic (exact) mass is 425 g/mol. The van der Waals surface area contributed by atoms with Crippen molar-refractivity contribution in [3.05, 3.63) is 35.0 Å². The number of benzene rings is 1. The van der Waals surface area contributed by atoms with Crippen LogP contribution in [0.4, 0.5) is 0 Å². The Morgan fingerprint density at radius 3 is 2.29 bits per heavy atom. The molecule has 2 fully saturated rings. The lowest BCUT2D eigenvalue weighted by molar-refractivity contribution is -0.127. The highest BCUT2D eigenvalue weighted by molar-refractivity contribution is 6.22. The van der Waals surface area contributed by atoms with Crippen molar-refractivity contribution in [2.24, 2.45) is 11.3 Å². The quantitative estimate of drug-likeness (QED) is 0.487. The number of carbonyl (C=O) groups excluding carboxylic acids is 2. The van der Waals surface area contributed by atoms with Crippen LogP contribution in [0.25, 0.3) is 0 Å². The van der Waals surface area contributed by atoms with Crippen molar-refractivity contribution in [2.45, 2.75) is 72.1 Å². The van der Waals surface area contributed by atoms with Crippen LogP contribution in [0.3, 0.4) is 0 Å². The average molecular weight is 426 g/mol. The lowest BCUT2D eigenvalue weighted by Gasteiger charge is -2.36. The number of nitrogens with zero attached hydrogens (tertiary/aromatic N) is 1. The van der Waals surface area contributed by atoms with Gasteiger partial charge in [0.25, 0.3) is 0 Å². The van der Waals surface area contributed by atoms with E-state index in [1.807, 2.05) is 26.0 Å². The molecule has 5 heteroatoms. The van der Waals surface area contributed by atoms with Gasteiger partial charge in [-0.15, -0.1) is 0 Å². The first-order chi connectivity index (χ1) is 14.9. The van der Waals surface area contributed by atoms with E-state index >= 15 is 0 Å². The van der Waals surface area contributed by atoms with Crippen molar-refractivity contribution in [3.8, 4) is 11.5 Å². The minimum absolute atomic E-state index is 0.0321. The molecule has 0 bridgehead atoms. The Hall–Kier alpha value is -2.30. The van der Waals surface area contributed by atoms with Crippen LogP contribution in [0.1, 0.15) is 71.3 Å². The van der Waals surface area contributed by atoms with Gasteiger partial charge in [-0.25, -0.2) is 0 Å². The minimum Gasteiger partial charge on any atom is -0.454 e.